The minimum atomic E-state index is -0.188. The molecule has 5 heteroatoms. The van der Waals surface area contributed by atoms with Crippen LogP contribution in [0.1, 0.15) is 47.3 Å². The number of benzene rings is 1. The molecular formula is C19H24N2O3. The van der Waals surface area contributed by atoms with Gasteiger partial charge < -0.3 is 10.1 Å². The second kappa shape index (κ2) is 8.43. The standard InChI is InChI=1S/C19H24N2O3/c1-13-8-9-17-15(11-13)12-16(14(2)21-17)19(23)20-10-6-4-5-7-18(22)24-3/h8-9,11-12H,4-7,10H2,1-3H3,(H,20,23). The molecule has 1 aromatic carbocycles. The number of nitrogens with zero attached hydrogens (tertiary/aromatic N) is 1. The van der Waals surface area contributed by atoms with Crippen molar-refractivity contribution >= 4 is 22.8 Å². The summed E-state index contributed by atoms with van der Waals surface area (Å²) in [4.78, 5) is 27.9. The third kappa shape index (κ3) is 4.78. The molecule has 5 nitrogen and oxygen atoms in total. The van der Waals surface area contributed by atoms with E-state index >= 15 is 0 Å². The van der Waals surface area contributed by atoms with Crippen LogP contribution < -0.4 is 5.32 Å². The van der Waals surface area contributed by atoms with Gasteiger partial charge >= 0.3 is 5.97 Å². The van der Waals surface area contributed by atoms with Gasteiger partial charge in [0.15, 0.2) is 0 Å². The van der Waals surface area contributed by atoms with Crippen molar-refractivity contribution in [3.8, 4) is 0 Å². The van der Waals surface area contributed by atoms with Gasteiger partial charge in [-0.3, -0.25) is 14.6 Å². The normalized spacial score (nSPS) is 10.6. The fourth-order valence-corrected chi connectivity index (χ4v) is 2.59. The average Bonchev–Trinajstić information content (AvgIpc) is 2.57. The minimum Gasteiger partial charge on any atom is -0.469 e. The van der Waals surface area contributed by atoms with Crippen molar-refractivity contribution in [2.24, 2.45) is 0 Å². The van der Waals surface area contributed by atoms with E-state index in [1.165, 1.54) is 7.11 Å². The Balaban J connectivity index is 1.89. The smallest absolute Gasteiger partial charge is 0.305 e. The summed E-state index contributed by atoms with van der Waals surface area (Å²) >= 11 is 0. The van der Waals surface area contributed by atoms with Gasteiger partial charge in [0.25, 0.3) is 5.91 Å². The van der Waals surface area contributed by atoms with Gasteiger partial charge in [0.2, 0.25) is 0 Å². The predicted molar refractivity (Wildman–Crippen MR) is 94.0 cm³/mol. The number of fused-ring (bicyclic) bond motifs is 1. The minimum absolute atomic E-state index is 0.101. The summed E-state index contributed by atoms with van der Waals surface area (Å²) < 4.78 is 4.59. The number of ether oxygens (including phenoxy) is 1. The van der Waals surface area contributed by atoms with E-state index in [-0.39, 0.29) is 11.9 Å². The summed E-state index contributed by atoms with van der Waals surface area (Å²) in [6.45, 7) is 4.46. The first kappa shape index (κ1) is 17.9. The Bertz CT molecular complexity index is 741. The molecule has 24 heavy (non-hydrogen) atoms. The molecule has 1 N–H and O–H groups in total. The van der Waals surface area contributed by atoms with Gasteiger partial charge in [0.05, 0.1) is 23.9 Å². The molecule has 2 aromatic rings. The Kier molecular flexibility index (Phi) is 6.29. The molecule has 0 fully saturated rings. The Labute approximate surface area is 142 Å². The molecular weight excluding hydrogens is 304 g/mol. The van der Waals surface area contributed by atoms with Gasteiger partial charge in [-0.2, -0.15) is 0 Å². The topological polar surface area (TPSA) is 68.3 Å². The highest BCUT2D eigenvalue weighted by Crippen LogP contribution is 2.18. The van der Waals surface area contributed by atoms with Crippen LogP contribution in [0.5, 0.6) is 0 Å². The predicted octanol–water partition coefficient (Wildman–Crippen LogP) is 3.31. The Morgan fingerprint density at radius 2 is 1.92 bits per heavy atom. The third-order valence-electron chi connectivity index (χ3n) is 3.98. The van der Waals surface area contributed by atoms with Crippen molar-refractivity contribution in [1.82, 2.24) is 10.3 Å². The largest absolute Gasteiger partial charge is 0.469 e. The van der Waals surface area contributed by atoms with E-state index in [0.717, 1.165) is 41.4 Å². The lowest BCUT2D eigenvalue weighted by atomic mass is 10.1. The average molecular weight is 328 g/mol. The fourth-order valence-electron chi connectivity index (χ4n) is 2.59. The quantitative estimate of drug-likeness (QED) is 0.625. The number of rotatable bonds is 7. The first-order chi connectivity index (χ1) is 11.5. The molecule has 1 aromatic heterocycles. The van der Waals surface area contributed by atoms with Crippen LogP contribution in [0.15, 0.2) is 24.3 Å². The van der Waals surface area contributed by atoms with Crippen molar-refractivity contribution < 1.29 is 14.3 Å². The Hall–Kier alpha value is -2.43. The Morgan fingerprint density at radius 1 is 1.12 bits per heavy atom. The van der Waals surface area contributed by atoms with E-state index in [1.807, 2.05) is 38.1 Å². The molecule has 0 aliphatic heterocycles. The maximum atomic E-state index is 12.4. The molecule has 0 saturated heterocycles. The summed E-state index contributed by atoms with van der Waals surface area (Å²) in [5.41, 5.74) is 3.39. The zero-order valence-electron chi connectivity index (χ0n) is 14.5. The fraction of sp³-hybridized carbons (Fsp3) is 0.421. The first-order valence-electron chi connectivity index (χ1n) is 8.24. The first-order valence-corrected chi connectivity index (χ1v) is 8.24. The molecule has 0 aliphatic rings. The SMILES string of the molecule is COC(=O)CCCCCNC(=O)c1cc2cc(C)ccc2nc1C. The van der Waals surface area contributed by atoms with Crippen molar-refractivity contribution in [2.45, 2.75) is 39.5 Å². The van der Waals surface area contributed by atoms with Gasteiger partial charge in [0, 0.05) is 18.4 Å². The second-order valence-electron chi connectivity index (χ2n) is 5.96. The number of unbranched alkanes of at least 4 members (excludes halogenated alkanes) is 2. The van der Waals surface area contributed by atoms with Crippen LogP contribution in [-0.2, 0) is 9.53 Å². The maximum Gasteiger partial charge on any atom is 0.305 e. The number of carbonyl (C=O) groups is 2. The van der Waals surface area contributed by atoms with E-state index in [1.54, 1.807) is 0 Å². The molecule has 0 radical (unpaired) electrons. The number of aryl methyl sites for hydroxylation is 2. The second-order valence-corrected chi connectivity index (χ2v) is 5.96. The molecule has 0 aliphatic carbocycles. The summed E-state index contributed by atoms with van der Waals surface area (Å²) in [6.07, 6.45) is 2.92. The van der Waals surface area contributed by atoms with Crippen LogP contribution in [0.2, 0.25) is 0 Å². The molecule has 0 unspecified atom stereocenters. The van der Waals surface area contributed by atoms with Crippen molar-refractivity contribution in [1.29, 1.82) is 0 Å². The number of esters is 1. The maximum absolute atomic E-state index is 12.4. The van der Waals surface area contributed by atoms with Crippen LogP contribution in [0.4, 0.5) is 0 Å². The third-order valence-corrected chi connectivity index (χ3v) is 3.98. The van der Waals surface area contributed by atoms with Gasteiger partial charge in [-0.05, 0) is 44.9 Å². The number of hydrogen-bond acceptors (Lipinski definition) is 4. The van der Waals surface area contributed by atoms with Crippen LogP contribution in [0.25, 0.3) is 10.9 Å². The van der Waals surface area contributed by atoms with E-state index in [0.29, 0.717) is 18.5 Å². The summed E-state index contributed by atoms with van der Waals surface area (Å²) in [5.74, 6) is -0.288. The van der Waals surface area contributed by atoms with Crippen LogP contribution in [-0.4, -0.2) is 30.5 Å². The molecule has 1 heterocycles. The lowest BCUT2D eigenvalue weighted by molar-refractivity contribution is -0.140. The lowest BCUT2D eigenvalue weighted by Crippen LogP contribution is -2.25. The van der Waals surface area contributed by atoms with Crippen molar-refractivity contribution in [3.05, 3.63) is 41.1 Å². The molecule has 0 spiro atoms. The van der Waals surface area contributed by atoms with Gasteiger partial charge in [-0.25, -0.2) is 0 Å². The molecule has 128 valence electrons. The number of amides is 1. The van der Waals surface area contributed by atoms with Crippen LogP contribution in [0, 0.1) is 13.8 Å². The molecule has 0 saturated carbocycles. The number of methoxy groups -OCH3 is 1. The lowest BCUT2D eigenvalue weighted by Gasteiger charge is -2.09. The van der Waals surface area contributed by atoms with Crippen molar-refractivity contribution in [3.63, 3.8) is 0 Å². The highest BCUT2D eigenvalue weighted by atomic mass is 16.5. The zero-order valence-corrected chi connectivity index (χ0v) is 14.5. The monoisotopic (exact) mass is 328 g/mol. The van der Waals surface area contributed by atoms with Gasteiger partial charge in [0.1, 0.15) is 0 Å². The number of pyridine rings is 1. The number of aromatic nitrogens is 1. The summed E-state index contributed by atoms with van der Waals surface area (Å²) in [5, 5.41) is 3.90. The number of hydrogen-bond donors (Lipinski definition) is 1. The van der Waals surface area contributed by atoms with Crippen molar-refractivity contribution in [2.75, 3.05) is 13.7 Å². The van der Waals surface area contributed by atoms with Gasteiger partial charge in [-0.15, -0.1) is 0 Å². The summed E-state index contributed by atoms with van der Waals surface area (Å²) in [7, 11) is 1.39. The van der Waals surface area contributed by atoms with E-state index in [9.17, 15) is 9.59 Å². The molecule has 0 atom stereocenters. The number of carbonyl (C=O) groups excluding carboxylic acids is 2. The van der Waals surface area contributed by atoms with E-state index < -0.39 is 0 Å². The molecule has 0 bridgehead atoms. The Morgan fingerprint density at radius 3 is 2.67 bits per heavy atom. The van der Waals surface area contributed by atoms with Crippen LogP contribution in [0.3, 0.4) is 0 Å². The zero-order chi connectivity index (χ0) is 17.5. The molecule has 2 rings (SSSR count). The highest BCUT2D eigenvalue weighted by Gasteiger charge is 2.11. The van der Waals surface area contributed by atoms with Crippen LogP contribution >= 0.6 is 0 Å². The number of nitrogens with one attached hydrogen (secondary N) is 1. The van der Waals surface area contributed by atoms with E-state index in [4.69, 9.17) is 0 Å². The molecule has 1 amide bonds. The highest BCUT2D eigenvalue weighted by molar-refractivity contribution is 5.98. The van der Waals surface area contributed by atoms with E-state index in [2.05, 4.69) is 15.0 Å². The van der Waals surface area contributed by atoms with Gasteiger partial charge in [-0.1, -0.05) is 18.1 Å². The summed E-state index contributed by atoms with van der Waals surface area (Å²) in [6, 6.07) is 7.92.